The number of benzene rings is 2. The van der Waals surface area contributed by atoms with Gasteiger partial charge in [0.05, 0.1) is 17.8 Å². The van der Waals surface area contributed by atoms with Gasteiger partial charge in [0, 0.05) is 11.4 Å². The SMILES string of the molecule is Nc1cc(F)ccc1Nc1ccc2c(c1)CC(=O)N2. The topological polar surface area (TPSA) is 67.1 Å². The molecule has 2 aromatic rings. The van der Waals surface area contributed by atoms with Crippen LogP contribution in [0.1, 0.15) is 5.56 Å². The molecule has 0 unspecified atom stereocenters. The zero-order valence-electron chi connectivity index (χ0n) is 10.0. The molecule has 4 N–H and O–H groups in total. The highest BCUT2D eigenvalue weighted by Crippen LogP contribution is 2.29. The van der Waals surface area contributed by atoms with Crippen LogP contribution in [-0.2, 0) is 11.2 Å². The van der Waals surface area contributed by atoms with E-state index in [9.17, 15) is 9.18 Å². The second kappa shape index (κ2) is 4.28. The number of carbonyl (C=O) groups is 1. The second-order valence-electron chi connectivity index (χ2n) is 4.45. The van der Waals surface area contributed by atoms with E-state index in [4.69, 9.17) is 5.73 Å². The molecule has 1 amide bonds. The van der Waals surface area contributed by atoms with E-state index in [1.54, 1.807) is 6.07 Å². The lowest BCUT2D eigenvalue weighted by Gasteiger charge is -2.10. The van der Waals surface area contributed by atoms with Gasteiger partial charge in [-0.2, -0.15) is 0 Å². The van der Waals surface area contributed by atoms with Crippen LogP contribution in [0.15, 0.2) is 36.4 Å². The van der Waals surface area contributed by atoms with Crippen molar-refractivity contribution in [1.82, 2.24) is 0 Å². The number of amides is 1. The molecule has 1 aliphatic heterocycles. The van der Waals surface area contributed by atoms with E-state index < -0.39 is 0 Å². The van der Waals surface area contributed by atoms with Crippen molar-refractivity contribution in [3.63, 3.8) is 0 Å². The molecule has 4 nitrogen and oxygen atoms in total. The van der Waals surface area contributed by atoms with E-state index >= 15 is 0 Å². The molecule has 0 bridgehead atoms. The number of hydrogen-bond donors (Lipinski definition) is 3. The van der Waals surface area contributed by atoms with Crippen LogP contribution < -0.4 is 16.4 Å². The molecule has 2 aromatic carbocycles. The van der Waals surface area contributed by atoms with Crippen LogP contribution in [0.2, 0.25) is 0 Å². The first-order valence-corrected chi connectivity index (χ1v) is 5.86. The number of rotatable bonds is 2. The Kier molecular flexibility index (Phi) is 2.59. The summed E-state index contributed by atoms with van der Waals surface area (Å²) in [5.74, 6) is -0.375. The number of nitrogens with two attached hydrogens (primary N) is 1. The molecule has 1 aliphatic rings. The minimum atomic E-state index is -0.369. The van der Waals surface area contributed by atoms with Crippen LogP contribution in [0.25, 0.3) is 0 Å². The lowest BCUT2D eigenvalue weighted by Crippen LogP contribution is -2.03. The number of carbonyl (C=O) groups excluding carboxylic acids is 1. The summed E-state index contributed by atoms with van der Waals surface area (Å²) < 4.78 is 13.0. The molecule has 0 aromatic heterocycles. The Morgan fingerprint density at radius 3 is 2.84 bits per heavy atom. The molecule has 19 heavy (non-hydrogen) atoms. The van der Waals surface area contributed by atoms with Crippen molar-refractivity contribution >= 4 is 28.7 Å². The number of hydrogen-bond acceptors (Lipinski definition) is 3. The van der Waals surface area contributed by atoms with Crippen molar-refractivity contribution in [2.75, 3.05) is 16.4 Å². The number of halogens is 1. The van der Waals surface area contributed by atoms with Crippen LogP contribution in [-0.4, -0.2) is 5.91 Å². The average Bonchev–Trinajstić information content (AvgIpc) is 2.72. The van der Waals surface area contributed by atoms with Crippen molar-refractivity contribution < 1.29 is 9.18 Å². The zero-order chi connectivity index (χ0) is 13.4. The highest BCUT2D eigenvalue weighted by atomic mass is 19.1. The van der Waals surface area contributed by atoms with Gasteiger partial charge >= 0.3 is 0 Å². The molecule has 5 heteroatoms. The third-order valence-electron chi connectivity index (χ3n) is 3.02. The number of anilines is 4. The van der Waals surface area contributed by atoms with Crippen molar-refractivity contribution in [2.24, 2.45) is 0 Å². The van der Waals surface area contributed by atoms with Crippen LogP contribution in [0.4, 0.5) is 27.1 Å². The molecular formula is C14H12FN3O. The molecule has 96 valence electrons. The fourth-order valence-electron chi connectivity index (χ4n) is 2.11. The molecule has 0 saturated heterocycles. The standard InChI is InChI=1S/C14H12FN3O/c15-9-1-3-13(11(16)7-9)17-10-2-4-12-8(5-10)6-14(19)18-12/h1-5,7,17H,6,16H2,(H,18,19). The largest absolute Gasteiger partial charge is 0.397 e. The summed E-state index contributed by atoms with van der Waals surface area (Å²) in [6.07, 6.45) is 0.379. The van der Waals surface area contributed by atoms with Crippen LogP contribution in [0, 0.1) is 5.82 Å². The Hall–Kier alpha value is -2.56. The van der Waals surface area contributed by atoms with Gasteiger partial charge in [0.15, 0.2) is 0 Å². The zero-order valence-corrected chi connectivity index (χ0v) is 10.0. The second-order valence-corrected chi connectivity index (χ2v) is 4.45. The smallest absolute Gasteiger partial charge is 0.228 e. The highest BCUT2D eigenvalue weighted by molar-refractivity contribution is 5.99. The van der Waals surface area contributed by atoms with Gasteiger partial charge in [-0.3, -0.25) is 4.79 Å². The average molecular weight is 257 g/mol. The van der Waals surface area contributed by atoms with Gasteiger partial charge in [-0.05, 0) is 42.0 Å². The quantitative estimate of drug-likeness (QED) is 0.724. The summed E-state index contributed by atoms with van der Waals surface area (Å²) in [6.45, 7) is 0. The molecule has 1 heterocycles. The maximum Gasteiger partial charge on any atom is 0.228 e. The van der Waals surface area contributed by atoms with Gasteiger partial charge in [-0.1, -0.05) is 0 Å². The molecule has 0 saturated carbocycles. The number of fused-ring (bicyclic) bond motifs is 1. The molecular weight excluding hydrogens is 245 g/mol. The van der Waals surface area contributed by atoms with Crippen LogP contribution in [0.3, 0.4) is 0 Å². The van der Waals surface area contributed by atoms with E-state index in [0.29, 0.717) is 17.8 Å². The molecule has 0 atom stereocenters. The summed E-state index contributed by atoms with van der Waals surface area (Å²) in [7, 11) is 0. The van der Waals surface area contributed by atoms with E-state index in [1.165, 1.54) is 12.1 Å². The molecule has 0 spiro atoms. The highest BCUT2D eigenvalue weighted by Gasteiger charge is 2.17. The molecule has 0 radical (unpaired) electrons. The third-order valence-corrected chi connectivity index (χ3v) is 3.02. The lowest BCUT2D eigenvalue weighted by atomic mass is 10.1. The summed E-state index contributed by atoms with van der Waals surface area (Å²) in [5, 5.41) is 5.88. The van der Waals surface area contributed by atoms with Gasteiger partial charge < -0.3 is 16.4 Å². The summed E-state index contributed by atoms with van der Waals surface area (Å²) >= 11 is 0. The fourth-order valence-corrected chi connectivity index (χ4v) is 2.11. The summed E-state index contributed by atoms with van der Waals surface area (Å²) in [5.41, 5.74) is 9.30. The Morgan fingerprint density at radius 2 is 2.05 bits per heavy atom. The van der Waals surface area contributed by atoms with Gasteiger partial charge in [0.1, 0.15) is 5.82 Å². The van der Waals surface area contributed by atoms with Crippen LogP contribution in [0.5, 0.6) is 0 Å². The summed E-state index contributed by atoms with van der Waals surface area (Å²) in [6, 6.07) is 9.75. The van der Waals surface area contributed by atoms with Gasteiger partial charge in [0.2, 0.25) is 5.91 Å². The first-order chi connectivity index (χ1) is 9.11. The lowest BCUT2D eigenvalue weighted by molar-refractivity contribution is -0.115. The first-order valence-electron chi connectivity index (χ1n) is 5.86. The Balaban J connectivity index is 1.88. The van der Waals surface area contributed by atoms with Crippen molar-refractivity contribution in [3.8, 4) is 0 Å². The monoisotopic (exact) mass is 257 g/mol. The van der Waals surface area contributed by atoms with Crippen LogP contribution >= 0.6 is 0 Å². The minimum Gasteiger partial charge on any atom is -0.397 e. The Bertz CT molecular complexity index is 670. The minimum absolute atomic E-state index is 0.00607. The van der Waals surface area contributed by atoms with E-state index in [1.807, 2.05) is 18.2 Å². The molecule has 0 fully saturated rings. The van der Waals surface area contributed by atoms with Crippen molar-refractivity contribution in [3.05, 3.63) is 47.8 Å². The van der Waals surface area contributed by atoms with E-state index in [0.717, 1.165) is 16.9 Å². The van der Waals surface area contributed by atoms with Gasteiger partial charge in [-0.25, -0.2) is 4.39 Å². The fraction of sp³-hybridized carbons (Fsp3) is 0.0714. The molecule has 0 aliphatic carbocycles. The van der Waals surface area contributed by atoms with Crippen molar-refractivity contribution in [2.45, 2.75) is 6.42 Å². The summed E-state index contributed by atoms with van der Waals surface area (Å²) in [4.78, 5) is 11.3. The van der Waals surface area contributed by atoms with Crippen molar-refractivity contribution in [1.29, 1.82) is 0 Å². The van der Waals surface area contributed by atoms with E-state index in [2.05, 4.69) is 10.6 Å². The number of nitrogens with one attached hydrogen (secondary N) is 2. The maximum atomic E-state index is 13.0. The first kappa shape index (κ1) is 11.5. The van der Waals surface area contributed by atoms with Gasteiger partial charge in [-0.15, -0.1) is 0 Å². The maximum absolute atomic E-state index is 13.0. The number of nitrogen functional groups attached to an aromatic ring is 1. The Labute approximate surface area is 109 Å². The third kappa shape index (κ3) is 2.22. The normalized spacial score (nSPS) is 13.0. The predicted molar refractivity (Wildman–Crippen MR) is 72.9 cm³/mol. The van der Waals surface area contributed by atoms with Gasteiger partial charge in [0.25, 0.3) is 0 Å². The Morgan fingerprint density at radius 1 is 1.21 bits per heavy atom. The van der Waals surface area contributed by atoms with E-state index in [-0.39, 0.29) is 11.7 Å². The predicted octanol–water partition coefficient (Wildman–Crippen LogP) is 2.65. The molecule has 3 rings (SSSR count).